The molecule has 7 nitrogen and oxygen atoms in total. The lowest BCUT2D eigenvalue weighted by molar-refractivity contribution is -0.137. The summed E-state index contributed by atoms with van der Waals surface area (Å²) >= 11 is 5.63. The first-order chi connectivity index (χ1) is 12.0. The van der Waals surface area contributed by atoms with Gasteiger partial charge in [0, 0.05) is 17.4 Å². The SMILES string of the molecule is COC(=O)c1nccnc1NS(=O)(=O)Cc1cc(Cl)cc(C(F)(F)F)c1. The summed E-state index contributed by atoms with van der Waals surface area (Å²) in [5.74, 6) is -2.16. The minimum Gasteiger partial charge on any atom is -0.464 e. The molecule has 1 N–H and O–H groups in total. The van der Waals surface area contributed by atoms with Crippen LogP contribution in [0, 0.1) is 0 Å². The van der Waals surface area contributed by atoms with Gasteiger partial charge in [-0.25, -0.2) is 23.2 Å². The third-order valence-electron chi connectivity index (χ3n) is 2.97. The van der Waals surface area contributed by atoms with E-state index in [-0.39, 0.29) is 16.3 Å². The Morgan fingerprint density at radius 1 is 1.23 bits per heavy atom. The highest BCUT2D eigenvalue weighted by Gasteiger charge is 2.31. The Balaban J connectivity index is 2.31. The number of alkyl halides is 3. The van der Waals surface area contributed by atoms with Gasteiger partial charge >= 0.3 is 12.1 Å². The fourth-order valence-corrected chi connectivity index (χ4v) is 3.34. The third-order valence-corrected chi connectivity index (χ3v) is 4.41. The van der Waals surface area contributed by atoms with Crippen molar-refractivity contribution in [2.45, 2.75) is 11.9 Å². The van der Waals surface area contributed by atoms with Crippen molar-refractivity contribution in [2.75, 3.05) is 11.8 Å². The number of aromatic nitrogens is 2. The normalized spacial score (nSPS) is 11.9. The Labute approximate surface area is 151 Å². The van der Waals surface area contributed by atoms with Gasteiger partial charge in [-0.2, -0.15) is 13.2 Å². The fraction of sp³-hybridized carbons (Fsp3) is 0.214. The van der Waals surface area contributed by atoms with Crippen molar-refractivity contribution in [2.24, 2.45) is 0 Å². The van der Waals surface area contributed by atoms with Gasteiger partial charge < -0.3 is 4.74 Å². The number of carbonyl (C=O) groups excluding carboxylic acids is 1. The van der Waals surface area contributed by atoms with E-state index in [4.69, 9.17) is 11.6 Å². The Kier molecular flexibility index (Phi) is 5.71. The van der Waals surface area contributed by atoms with Gasteiger partial charge in [-0.15, -0.1) is 0 Å². The molecule has 0 saturated heterocycles. The van der Waals surface area contributed by atoms with Crippen molar-refractivity contribution in [3.05, 3.63) is 52.4 Å². The van der Waals surface area contributed by atoms with E-state index in [0.29, 0.717) is 12.1 Å². The molecule has 0 aliphatic rings. The van der Waals surface area contributed by atoms with Gasteiger partial charge in [0.15, 0.2) is 11.5 Å². The number of rotatable bonds is 5. The maximum absolute atomic E-state index is 12.8. The predicted molar refractivity (Wildman–Crippen MR) is 86.1 cm³/mol. The Morgan fingerprint density at radius 3 is 2.50 bits per heavy atom. The first-order valence-corrected chi connectivity index (χ1v) is 8.81. The second kappa shape index (κ2) is 7.46. The van der Waals surface area contributed by atoms with Crippen LogP contribution >= 0.6 is 11.6 Å². The topological polar surface area (TPSA) is 98.2 Å². The van der Waals surface area contributed by atoms with Crippen molar-refractivity contribution in [3.8, 4) is 0 Å². The van der Waals surface area contributed by atoms with E-state index in [2.05, 4.69) is 14.7 Å². The van der Waals surface area contributed by atoms with E-state index in [0.717, 1.165) is 25.6 Å². The number of esters is 1. The van der Waals surface area contributed by atoms with Gasteiger partial charge in [0.1, 0.15) is 0 Å². The highest BCUT2D eigenvalue weighted by Crippen LogP contribution is 2.32. The minimum absolute atomic E-state index is 0.194. The number of nitrogens with zero attached hydrogens (tertiary/aromatic N) is 2. The molecular weight excluding hydrogens is 399 g/mol. The smallest absolute Gasteiger partial charge is 0.416 e. The number of methoxy groups -OCH3 is 1. The number of sulfonamides is 1. The average Bonchev–Trinajstić information content (AvgIpc) is 2.52. The van der Waals surface area contributed by atoms with E-state index in [1.165, 1.54) is 0 Å². The number of anilines is 1. The van der Waals surface area contributed by atoms with Crippen LogP contribution in [0.2, 0.25) is 5.02 Å². The molecule has 0 atom stereocenters. The summed E-state index contributed by atoms with van der Waals surface area (Å²) < 4.78 is 69.4. The van der Waals surface area contributed by atoms with Crippen LogP contribution in [0.5, 0.6) is 0 Å². The van der Waals surface area contributed by atoms with Gasteiger partial charge in [-0.3, -0.25) is 4.72 Å². The van der Waals surface area contributed by atoms with Crippen LogP contribution < -0.4 is 4.72 Å². The molecule has 0 bridgehead atoms. The molecule has 2 aromatic rings. The molecule has 26 heavy (non-hydrogen) atoms. The third kappa shape index (κ3) is 5.05. The van der Waals surface area contributed by atoms with Gasteiger partial charge in [0.25, 0.3) is 0 Å². The summed E-state index contributed by atoms with van der Waals surface area (Å²) in [7, 11) is -3.15. The van der Waals surface area contributed by atoms with Crippen LogP contribution in [-0.4, -0.2) is 31.5 Å². The van der Waals surface area contributed by atoms with Gasteiger partial charge in [-0.05, 0) is 23.8 Å². The molecule has 1 aromatic carbocycles. The number of nitrogens with one attached hydrogen (secondary N) is 1. The monoisotopic (exact) mass is 409 g/mol. The van der Waals surface area contributed by atoms with E-state index in [1.54, 1.807) is 0 Å². The van der Waals surface area contributed by atoms with Gasteiger partial charge in [0.05, 0.1) is 18.4 Å². The molecule has 140 valence electrons. The number of ether oxygens (including phenoxy) is 1. The molecule has 1 aromatic heterocycles. The average molecular weight is 410 g/mol. The molecule has 0 aliphatic carbocycles. The van der Waals surface area contributed by atoms with Crippen molar-refractivity contribution in [3.63, 3.8) is 0 Å². The molecule has 2 rings (SSSR count). The van der Waals surface area contributed by atoms with Crippen LogP contribution in [0.4, 0.5) is 19.0 Å². The highest BCUT2D eigenvalue weighted by atomic mass is 35.5. The minimum atomic E-state index is -4.68. The number of hydrogen-bond donors (Lipinski definition) is 1. The van der Waals surface area contributed by atoms with E-state index in [1.807, 2.05) is 4.72 Å². The molecule has 0 radical (unpaired) electrons. The molecule has 0 fully saturated rings. The second-order valence-electron chi connectivity index (χ2n) is 4.95. The Bertz CT molecular complexity index is 935. The summed E-state index contributed by atoms with van der Waals surface area (Å²) in [4.78, 5) is 18.9. The van der Waals surface area contributed by atoms with Crippen molar-refractivity contribution >= 4 is 33.4 Å². The Morgan fingerprint density at radius 2 is 1.88 bits per heavy atom. The summed E-state index contributed by atoms with van der Waals surface area (Å²) in [6.45, 7) is 0. The summed E-state index contributed by atoms with van der Waals surface area (Å²) in [5.41, 5.74) is -1.66. The lowest BCUT2D eigenvalue weighted by atomic mass is 10.1. The second-order valence-corrected chi connectivity index (χ2v) is 7.11. The highest BCUT2D eigenvalue weighted by molar-refractivity contribution is 7.91. The maximum Gasteiger partial charge on any atom is 0.416 e. The molecule has 0 spiro atoms. The zero-order valence-corrected chi connectivity index (χ0v) is 14.6. The van der Waals surface area contributed by atoms with Crippen LogP contribution in [0.15, 0.2) is 30.6 Å². The Hall–Kier alpha value is -2.40. The van der Waals surface area contributed by atoms with Crippen LogP contribution in [0.1, 0.15) is 21.6 Å². The summed E-state index contributed by atoms with van der Waals surface area (Å²) in [6.07, 6.45) is -2.40. The van der Waals surface area contributed by atoms with E-state index in [9.17, 15) is 26.4 Å². The lowest BCUT2D eigenvalue weighted by Gasteiger charge is -2.12. The maximum atomic E-state index is 12.8. The number of carbonyl (C=O) groups is 1. The molecule has 0 unspecified atom stereocenters. The largest absolute Gasteiger partial charge is 0.464 e. The predicted octanol–water partition coefficient (Wildman–Crippen LogP) is 2.88. The number of hydrogen-bond acceptors (Lipinski definition) is 6. The number of halogens is 4. The number of benzene rings is 1. The first-order valence-electron chi connectivity index (χ1n) is 6.78. The first kappa shape index (κ1) is 19.9. The molecule has 12 heteroatoms. The standard InChI is InChI=1S/C14H11ClF3N3O4S/c1-25-13(22)11-12(20-3-2-19-11)21-26(23,24)7-8-4-9(14(16,17)18)6-10(15)5-8/h2-6H,7H2,1H3,(H,20,21). The summed E-state index contributed by atoms with van der Waals surface area (Å²) in [5, 5.41) is -0.264. The van der Waals surface area contributed by atoms with Crippen molar-refractivity contribution in [1.29, 1.82) is 0 Å². The quantitative estimate of drug-likeness (QED) is 0.762. The molecule has 0 amide bonds. The van der Waals surface area contributed by atoms with Gasteiger partial charge in [0.2, 0.25) is 10.0 Å². The molecule has 1 heterocycles. The van der Waals surface area contributed by atoms with Crippen LogP contribution in [0.25, 0.3) is 0 Å². The summed E-state index contributed by atoms with van der Waals surface area (Å²) in [6, 6.07) is 2.44. The molecule has 0 saturated carbocycles. The van der Waals surface area contributed by atoms with E-state index < -0.39 is 39.3 Å². The van der Waals surface area contributed by atoms with Crippen LogP contribution in [0.3, 0.4) is 0 Å². The van der Waals surface area contributed by atoms with E-state index >= 15 is 0 Å². The zero-order valence-electron chi connectivity index (χ0n) is 13.0. The zero-order chi connectivity index (χ0) is 19.5. The molecule has 0 aliphatic heterocycles. The van der Waals surface area contributed by atoms with Crippen molar-refractivity contribution < 1.29 is 31.1 Å². The molecular formula is C14H11ClF3N3O4S. The van der Waals surface area contributed by atoms with Crippen LogP contribution in [-0.2, 0) is 26.7 Å². The lowest BCUT2D eigenvalue weighted by Crippen LogP contribution is -2.20. The fourth-order valence-electron chi connectivity index (χ4n) is 1.96. The van der Waals surface area contributed by atoms with Crippen molar-refractivity contribution in [1.82, 2.24) is 9.97 Å². The van der Waals surface area contributed by atoms with Gasteiger partial charge in [-0.1, -0.05) is 11.6 Å².